The second-order valence-corrected chi connectivity index (χ2v) is 4.18. The lowest BCUT2D eigenvalue weighted by Crippen LogP contribution is -2.13. The first-order valence-electron chi connectivity index (χ1n) is 4.93. The average Bonchev–Trinajstić information content (AvgIpc) is 2.35. The molecular formula is C12H12Cl2O3. The standard InChI is InChI=1S/C12H12Cl2O3/c1-7(15)11(14)9-5-3-4-8(6-13)10(9)12(16)17-2/h3-5,11H,6H2,1-2H3. The summed E-state index contributed by atoms with van der Waals surface area (Å²) in [4.78, 5) is 23.0. The van der Waals surface area contributed by atoms with Gasteiger partial charge < -0.3 is 4.74 Å². The fourth-order valence-electron chi connectivity index (χ4n) is 1.51. The van der Waals surface area contributed by atoms with Gasteiger partial charge in [0, 0.05) is 5.88 Å². The van der Waals surface area contributed by atoms with Crippen molar-refractivity contribution in [2.75, 3.05) is 7.11 Å². The predicted molar refractivity (Wildman–Crippen MR) is 66.6 cm³/mol. The quantitative estimate of drug-likeness (QED) is 0.626. The van der Waals surface area contributed by atoms with Crippen LogP contribution in [0.4, 0.5) is 0 Å². The number of alkyl halides is 2. The van der Waals surface area contributed by atoms with E-state index in [0.717, 1.165) is 0 Å². The minimum absolute atomic E-state index is 0.153. The number of carbonyl (C=O) groups is 2. The Morgan fingerprint density at radius 3 is 2.53 bits per heavy atom. The zero-order valence-electron chi connectivity index (χ0n) is 9.50. The van der Waals surface area contributed by atoms with Crippen molar-refractivity contribution in [3.05, 3.63) is 34.9 Å². The van der Waals surface area contributed by atoms with E-state index >= 15 is 0 Å². The minimum Gasteiger partial charge on any atom is -0.465 e. The molecule has 0 fully saturated rings. The van der Waals surface area contributed by atoms with Gasteiger partial charge in [-0.25, -0.2) is 4.79 Å². The molecule has 0 aromatic heterocycles. The highest BCUT2D eigenvalue weighted by atomic mass is 35.5. The van der Waals surface area contributed by atoms with Crippen molar-refractivity contribution in [3.63, 3.8) is 0 Å². The van der Waals surface area contributed by atoms with Gasteiger partial charge in [0.05, 0.1) is 12.7 Å². The predicted octanol–water partition coefficient (Wildman–Crippen LogP) is 3.08. The summed E-state index contributed by atoms with van der Waals surface area (Å²) in [5, 5.41) is -0.868. The molecule has 17 heavy (non-hydrogen) atoms. The third-order valence-electron chi connectivity index (χ3n) is 2.35. The van der Waals surface area contributed by atoms with Crippen molar-refractivity contribution >= 4 is 35.0 Å². The third-order valence-corrected chi connectivity index (χ3v) is 3.18. The molecule has 1 aromatic rings. The first kappa shape index (κ1) is 14.0. The van der Waals surface area contributed by atoms with Crippen LogP contribution >= 0.6 is 23.2 Å². The fraction of sp³-hybridized carbons (Fsp3) is 0.333. The van der Waals surface area contributed by atoms with E-state index in [1.54, 1.807) is 18.2 Å². The molecule has 0 aliphatic rings. The molecule has 0 saturated carbocycles. The van der Waals surface area contributed by atoms with E-state index in [0.29, 0.717) is 11.1 Å². The molecule has 1 atom stereocenters. The smallest absolute Gasteiger partial charge is 0.338 e. The van der Waals surface area contributed by atoms with Crippen molar-refractivity contribution in [1.82, 2.24) is 0 Å². The number of hydrogen-bond acceptors (Lipinski definition) is 3. The van der Waals surface area contributed by atoms with E-state index in [1.807, 2.05) is 0 Å². The summed E-state index contributed by atoms with van der Waals surface area (Å²) in [5.74, 6) is -0.619. The molecule has 0 N–H and O–H groups in total. The van der Waals surface area contributed by atoms with Crippen molar-refractivity contribution in [3.8, 4) is 0 Å². The SMILES string of the molecule is COC(=O)c1c(CCl)cccc1C(Cl)C(C)=O. The molecule has 5 heteroatoms. The lowest BCUT2D eigenvalue weighted by molar-refractivity contribution is -0.116. The molecule has 0 amide bonds. The second kappa shape index (κ2) is 6.03. The Balaban J connectivity index is 3.38. The summed E-state index contributed by atoms with van der Waals surface area (Å²) in [7, 11) is 1.27. The third kappa shape index (κ3) is 2.99. The summed E-state index contributed by atoms with van der Waals surface area (Å²) >= 11 is 11.7. The summed E-state index contributed by atoms with van der Waals surface area (Å²) in [6.07, 6.45) is 0. The van der Waals surface area contributed by atoms with Gasteiger partial charge in [-0.05, 0) is 18.1 Å². The van der Waals surface area contributed by atoms with E-state index in [-0.39, 0.29) is 17.2 Å². The normalized spacial score (nSPS) is 12.0. The highest BCUT2D eigenvalue weighted by molar-refractivity contribution is 6.31. The van der Waals surface area contributed by atoms with Crippen LogP contribution in [0.3, 0.4) is 0 Å². The maximum atomic E-state index is 11.7. The van der Waals surface area contributed by atoms with Gasteiger partial charge in [-0.3, -0.25) is 4.79 Å². The highest BCUT2D eigenvalue weighted by Gasteiger charge is 2.23. The number of halogens is 2. The molecule has 1 rings (SSSR count). The highest BCUT2D eigenvalue weighted by Crippen LogP contribution is 2.28. The molecule has 1 aromatic carbocycles. The monoisotopic (exact) mass is 274 g/mol. The number of esters is 1. The molecular weight excluding hydrogens is 263 g/mol. The van der Waals surface area contributed by atoms with E-state index < -0.39 is 11.3 Å². The maximum Gasteiger partial charge on any atom is 0.338 e. The Hall–Kier alpha value is -1.06. The molecule has 92 valence electrons. The van der Waals surface area contributed by atoms with Crippen LogP contribution in [0.1, 0.15) is 33.8 Å². The first-order chi connectivity index (χ1) is 8.02. The van der Waals surface area contributed by atoms with Gasteiger partial charge in [-0.2, -0.15) is 0 Å². The lowest BCUT2D eigenvalue weighted by Gasteiger charge is -2.14. The van der Waals surface area contributed by atoms with Crippen molar-refractivity contribution in [1.29, 1.82) is 0 Å². The van der Waals surface area contributed by atoms with Crippen LogP contribution in [0.2, 0.25) is 0 Å². The molecule has 0 bridgehead atoms. The summed E-state index contributed by atoms with van der Waals surface area (Å²) in [6.45, 7) is 1.37. The van der Waals surface area contributed by atoms with Gasteiger partial charge in [-0.15, -0.1) is 23.2 Å². The van der Waals surface area contributed by atoms with Crippen molar-refractivity contribution < 1.29 is 14.3 Å². The molecule has 0 aliphatic heterocycles. The Bertz CT molecular complexity index is 443. The van der Waals surface area contributed by atoms with E-state index in [1.165, 1.54) is 14.0 Å². The Morgan fingerprint density at radius 1 is 1.41 bits per heavy atom. The minimum atomic E-state index is -0.868. The molecule has 0 saturated heterocycles. The lowest BCUT2D eigenvalue weighted by atomic mass is 9.98. The second-order valence-electron chi connectivity index (χ2n) is 3.48. The van der Waals surface area contributed by atoms with Crippen LogP contribution in [0, 0.1) is 0 Å². The van der Waals surface area contributed by atoms with E-state index in [9.17, 15) is 9.59 Å². The summed E-state index contributed by atoms with van der Waals surface area (Å²) < 4.78 is 4.68. The first-order valence-corrected chi connectivity index (χ1v) is 5.90. The molecule has 1 unspecified atom stereocenters. The van der Waals surface area contributed by atoms with E-state index in [4.69, 9.17) is 23.2 Å². The number of methoxy groups -OCH3 is 1. The van der Waals surface area contributed by atoms with Crippen molar-refractivity contribution in [2.45, 2.75) is 18.2 Å². The number of carbonyl (C=O) groups excluding carboxylic acids is 2. The molecule has 0 heterocycles. The van der Waals surface area contributed by atoms with Gasteiger partial charge in [0.1, 0.15) is 5.38 Å². The van der Waals surface area contributed by atoms with Crippen LogP contribution < -0.4 is 0 Å². The van der Waals surface area contributed by atoms with Gasteiger partial charge in [-0.1, -0.05) is 18.2 Å². The largest absolute Gasteiger partial charge is 0.465 e. The molecule has 3 nitrogen and oxygen atoms in total. The fourth-order valence-corrected chi connectivity index (χ4v) is 1.92. The van der Waals surface area contributed by atoms with Gasteiger partial charge in [0.25, 0.3) is 0 Å². The zero-order chi connectivity index (χ0) is 13.0. The molecule has 0 aliphatic carbocycles. The van der Waals surface area contributed by atoms with Gasteiger partial charge in [0.2, 0.25) is 0 Å². The number of ether oxygens (including phenoxy) is 1. The number of ketones is 1. The van der Waals surface area contributed by atoms with Crippen LogP contribution in [0.5, 0.6) is 0 Å². The van der Waals surface area contributed by atoms with Crippen LogP contribution in [-0.2, 0) is 15.4 Å². The number of rotatable bonds is 4. The van der Waals surface area contributed by atoms with Gasteiger partial charge in [0.15, 0.2) is 5.78 Å². The van der Waals surface area contributed by atoms with Crippen LogP contribution in [0.15, 0.2) is 18.2 Å². The van der Waals surface area contributed by atoms with Gasteiger partial charge >= 0.3 is 5.97 Å². The molecule has 0 spiro atoms. The number of hydrogen-bond donors (Lipinski definition) is 0. The Morgan fingerprint density at radius 2 is 2.06 bits per heavy atom. The summed E-state index contributed by atoms with van der Waals surface area (Å²) in [6, 6.07) is 5.03. The number of benzene rings is 1. The number of Topliss-reactive ketones (excluding diaryl/α,β-unsaturated/α-hetero) is 1. The van der Waals surface area contributed by atoms with E-state index in [2.05, 4.69) is 4.74 Å². The van der Waals surface area contributed by atoms with Crippen LogP contribution in [0.25, 0.3) is 0 Å². The average molecular weight is 275 g/mol. The van der Waals surface area contributed by atoms with Crippen LogP contribution in [-0.4, -0.2) is 18.9 Å². The Kier molecular flexibility index (Phi) is 4.97. The van der Waals surface area contributed by atoms with Crippen molar-refractivity contribution in [2.24, 2.45) is 0 Å². The molecule has 0 radical (unpaired) electrons. The zero-order valence-corrected chi connectivity index (χ0v) is 11.0. The summed E-state index contributed by atoms with van der Waals surface area (Å²) in [5.41, 5.74) is 1.31. The maximum absolute atomic E-state index is 11.7. The Labute approximate surface area is 110 Å². The topological polar surface area (TPSA) is 43.4 Å².